The van der Waals surface area contributed by atoms with E-state index in [1.807, 2.05) is 13.5 Å². The van der Waals surface area contributed by atoms with Crippen molar-refractivity contribution in [2.45, 2.75) is 31.5 Å². The van der Waals surface area contributed by atoms with Gasteiger partial charge in [0.25, 0.3) is 0 Å². The van der Waals surface area contributed by atoms with Crippen molar-refractivity contribution in [3.63, 3.8) is 0 Å². The lowest BCUT2D eigenvalue weighted by atomic mass is 10.0. The van der Waals surface area contributed by atoms with Gasteiger partial charge < -0.3 is 20.3 Å². The summed E-state index contributed by atoms with van der Waals surface area (Å²) in [5.41, 5.74) is 11.3. The first-order valence-electron chi connectivity index (χ1n) is 4.48. The van der Waals surface area contributed by atoms with E-state index >= 15 is 0 Å². The van der Waals surface area contributed by atoms with Crippen molar-refractivity contribution in [3.05, 3.63) is 0 Å². The highest BCUT2D eigenvalue weighted by Crippen LogP contribution is 2.22. The number of hydrogen-bond acceptors (Lipinski definition) is 4. The molecule has 0 spiro atoms. The molecule has 0 bridgehead atoms. The molecule has 0 radical (unpaired) electrons. The third-order valence-corrected chi connectivity index (χ3v) is 5.48. The maximum atomic E-state index is 6.06. The van der Waals surface area contributed by atoms with Gasteiger partial charge in [0.1, 0.15) is 0 Å². The molecule has 0 aliphatic rings. The van der Waals surface area contributed by atoms with Gasteiger partial charge in [-0.15, -0.1) is 0 Å². The van der Waals surface area contributed by atoms with Crippen LogP contribution in [0.4, 0.5) is 0 Å². The molecule has 13 heavy (non-hydrogen) atoms. The summed E-state index contributed by atoms with van der Waals surface area (Å²) in [5, 5.41) is 0. The van der Waals surface area contributed by atoms with E-state index in [1.165, 1.54) is 0 Å². The minimum atomic E-state index is -2.05. The molecule has 4 nitrogen and oxygen atoms in total. The van der Waals surface area contributed by atoms with Crippen molar-refractivity contribution < 1.29 is 8.85 Å². The summed E-state index contributed by atoms with van der Waals surface area (Å²) in [6.07, 6.45) is 0.794. The third-order valence-electron chi connectivity index (χ3n) is 2.30. The lowest BCUT2D eigenvalue weighted by Crippen LogP contribution is -2.49. The molecular formula is C8H22N2O2Si. The minimum absolute atomic E-state index is 0.276. The minimum Gasteiger partial charge on any atom is -0.398 e. The molecule has 0 saturated carbocycles. The summed E-state index contributed by atoms with van der Waals surface area (Å²) >= 11 is 0. The Bertz CT molecular complexity index is 149. The predicted molar refractivity (Wildman–Crippen MR) is 56.7 cm³/mol. The van der Waals surface area contributed by atoms with Gasteiger partial charge >= 0.3 is 8.56 Å². The van der Waals surface area contributed by atoms with Crippen molar-refractivity contribution in [2.24, 2.45) is 11.5 Å². The maximum Gasteiger partial charge on any atom is 0.336 e. The molecule has 5 heteroatoms. The van der Waals surface area contributed by atoms with Crippen molar-refractivity contribution in [3.8, 4) is 0 Å². The summed E-state index contributed by atoms with van der Waals surface area (Å²) < 4.78 is 10.7. The van der Waals surface area contributed by atoms with Gasteiger partial charge in [-0.25, -0.2) is 0 Å². The highest BCUT2D eigenvalue weighted by atomic mass is 28.4. The molecule has 0 aromatic heterocycles. The van der Waals surface area contributed by atoms with Crippen LogP contribution in [0.25, 0.3) is 0 Å². The molecule has 0 aliphatic heterocycles. The van der Waals surface area contributed by atoms with Gasteiger partial charge in [0, 0.05) is 25.8 Å². The average molecular weight is 206 g/mol. The van der Waals surface area contributed by atoms with Crippen LogP contribution in [0.2, 0.25) is 12.6 Å². The fourth-order valence-corrected chi connectivity index (χ4v) is 3.48. The van der Waals surface area contributed by atoms with E-state index in [1.54, 1.807) is 14.2 Å². The standard InChI is InChI=1S/C8H22N2O2Si/c1-8(10,5-6-9)7-13(4,11-2)12-3/h5-7,9-10H2,1-4H3. The van der Waals surface area contributed by atoms with Crippen LogP contribution in [-0.4, -0.2) is 34.9 Å². The van der Waals surface area contributed by atoms with Crippen LogP contribution in [0, 0.1) is 0 Å². The Morgan fingerprint density at radius 1 is 1.31 bits per heavy atom. The van der Waals surface area contributed by atoms with Crippen LogP contribution in [-0.2, 0) is 8.85 Å². The fraction of sp³-hybridized carbons (Fsp3) is 1.00. The molecule has 0 amide bonds. The van der Waals surface area contributed by atoms with Crippen LogP contribution in [0.3, 0.4) is 0 Å². The average Bonchev–Trinajstić information content (AvgIpc) is 2.03. The van der Waals surface area contributed by atoms with E-state index in [4.69, 9.17) is 20.3 Å². The molecule has 80 valence electrons. The predicted octanol–water partition coefficient (Wildman–Crippen LogP) is 0.417. The Hall–Kier alpha value is 0.0569. The molecule has 0 aliphatic carbocycles. The van der Waals surface area contributed by atoms with Gasteiger partial charge in [-0.3, -0.25) is 0 Å². The second-order valence-corrected chi connectivity index (χ2v) is 7.35. The first-order valence-corrected chi connectivity index (χ1v) is 7.01. The van der Waals surface area contributed by atoms with Gasteiger partial charge in [0.05, 0.1) is 0 Å². The fourth-order valence-electron chi connectivity index (χ4n) is 1.38. The summed E-state index contributed by atoms with van der Waals surface area (Å²) in [5.74, 6) is 0. The van der Waals surface area contributed by atoms with E-state index < -0.39 is 8.56 Å². The molecule has 1 atom stereocenters. The first kappa shape index (κ1) is 13.1. The summed E-state index contributed by atoms with van der Waals surface area (Å²) in [4.78, 5) is 0. The molecule has 0 heterocycles. The summed E-state index contributed by atoms with van der Waals surface area (Å²) in [6.45, 7) is 4.60. The zero-order valence-electron chi connectivity index (χ0n) is 9.09. The van der Waals surface area contributed by atoms with Crippen LogP contribution >= 0.6 is 0 Å². The van der Waals surface area contributed by atoms with Crippen molar-refractivity contribution in [2.75, 3.05) is 20.8 Å². The van der Waals surface area contributed by atoms with Gasteiger partial charge in [-0.2, -0.15) is 0 Å². The Labute approximate surface area is 81.8 Å². The Morgan fingerprint density at radius 3 is 2.08 bits per heavy atom. The topological polar surface area (TPSA) is 70.5 Å². The highest BCUT2D eigenvalue weighted by Gasteiger charge is 2.36. The first-order chi connectivity index (χ1) is 5.89. The molecule has 0 saturated heterocycles. The van der Waals surface area contributed by atoms with Crippen molar-refractivity contribution in [1.82, 2.24) is 0 Å². The quantitative estimate of drug-likeness (QED) is 0.618. The van der Waals surface area contributed by atoms with Gasteiger partial charge in [-0.05, 0) is 26.4 Å². The number of hydrogen-bond donors (Lipinski definition) is 2. The van der Waals surface area contributed by atoms with Gasteiger partial charge in [0.15, 0.2) is 0 Å². The van der Waals surface area contributed by atoms with Crippen LogP contribution in [0.15, 0.2) is 0 Å². The van der Waals surface area contributed by atoms with Crippen LogP contribution in [0.5, 0.6) is 0 Å². The monoisotopic (exact) mass is 206 g/mol. The zero-order chi connectivity index (χ0) is 10.5. The van der Waals surface area contributed by atoms with E-state index in [-0.39, 0.29) is 5.54 Å². The molecule has 0 rings (SSSR count). The summed E-state index contributed by atoms with van der Waals surface area (Å²) in [7, 11) is 1.30. The van der Waals surface area contributed by atoms with Crippen LogP contribution < -0.4 is 11.5 Å². The lowest BCUT2D eigenvalue weighted by molar-refractivity contribution is 0.237. The Morgan fingerprint density at radius 2 is 1.77 bits per heavy atom. The van der Waals surface area contributed by atoms with Crippen molar-refractivity contribution >= 4 is 8.56 Å². The second-order valence-electron chi connectivity index (χ2n) is 3.91. The largest absolute Gasteiger partial charge is 0.398 e. The Balaban J connectivity index is 4.21. The molecule has 1 unspecified atom stereocenters. The molecule has 0 aromatic rings. The normalized spacial score (nSPS) is 17.1. The number of rotatable bonds is 6. The van der Waals surface area contributed by atoms with Crippen molar-refractivity contribution in [1.29, 1.82) is 0 Å². The van der Waals surface area contributed by atoms with Gasteiger partial charge in [-0.1, -0.05) is 0 Å². The summed E-state index contributed by atoms with van der Waals surface area (Å²) in [6, 6.07) is 0.768. The zero-order valence-corrected chi connectivity index (χ0v) is 10.1. The van der Waals surface area contributed by atoms with Crippen LogP contribution in [0.1, 0.15) is 13.3 Å². The second kappa shape index (κ2) is 5.07. The lowest BCUT2D eigenvalue weighted by Gasteiger charge is -2.32. The molecular weight excluding hydrogens is 184 g/mol. The van der Waals surface area contributed by atoms with Gasteiger partial charge in [0.2, 0.25) is 0 Å². The molecule has 0 fully saturated rings. The molecule has 4 N–H and O–H groups in total. The SMILES string of the molecule is CO[Si](C)(CC(C)(N)CCN)OC. The van der Waals surface area contributed by atoms with E-state index in [0.717, 1.165) is 12.5 Å². The smallest absolute Gasteiger partial charge is 0.336 e. The Kier molecular flexibility index (Phi) is 5.09. The number of nitrogens with two attached hydrogens (primary N) is 2. The maximum absolute atomic E-state index is 6.06. The molecule has 0 aromatic carbocycles. The van der Waals surface area contributed by atoms with E-state index in [0.29, 0.717) is 6.54 Å². The van der Waals surface area contributed by atoms with E-state index in [9.17, 15) is 0 Å². The third kappa shape index (κ3) is 4.73. The highest BCUT2D eigenvalue weighted by molar-refractivity contribution is 6.66. The van der Waals surface area contributed by atoms with E-state index in [2.05, 4.69) is 0 Å².